The molecule has 0 radical (unpaired) electrons. The van der Waals surface area contributed by atoms with Gasteiger partial charge in [0, 0.05) is 24.8 Å². The fourth-order valence-electron chi connectivity index (χ4n) is 1.65. The minimum absolute atomic E-state index is 0.100. The van der Waals surface area contributed by atoms with E-state index in [1.807, 2.05) is 13.8 Å². The molecule has 3 N–H and O–H groups in total. The first-order valence-corrected chi connectivity index (χ1v) is 5.42. The van der Waals surface area contributed by atoms with E-state index in [-0.39, 0.29) is 12.4 Å². The summed E-state index contributed by atoms with van der Waals surface area (Å²) in [6, 6.07) is 4.84. The van der Waals surface area contributed by atoms with Crippen LogP contribution in [-0.4, -0.2) is 29.2 Å². The topological polar surface area (TPSA) is 49.5 Å². The summed E-state index contributed by atoms with van der Waals surface area (Å²) in [4.78, 5) is 2.06. The average molecular weight is 226 g/mol. The molecule has 0 aliphatic heterocycles. The van der Waals surface area contributed by atoms with Crippen molar-refractivity contribution in [2.45, 2.75) is 26.4 Å². The first kappa shape index (κ1) is 12.9. The smallest absolute Gasteiger partial charge is 0.125 e. The largest absolute Gasteiger partial charge is 0.399 e. The van der Waals surface area contributed by atoms with Crippen LogP contribution in [0.1, 0.15) is 19.4 Å². The third kappa shape index (κ3) is 3.79. The molecule has 0 saturated carbocycles. The second kappa shape index (κ2) is 5.82. The molecule has 0 heterocycles. The van der Waals surface area contributed by atoms with Gasteiger partial charge in [-0.05, 0) is 37.6 Å². The third-order valence-electron chi connectivity index (χ3n) is 2.48. The summed E-state index contributed by atoms with van der Waals surface area (Å²) in [5.74, 6) is -0.317. The van der Waals surface area contributed by atoms with Crippen molar-refractivity contribution in [3.8, 4) is 0 Å². The van der Waals surface area contributed by atoms with Crippen molar-refractivity contribution in [3.05, 3.63) is 29.6 Å². The van der Waals surface area contributed by atoms with Gasteiger partial charge in [0.15, 0.2) is 0 Å². The maximum absolute atomic E-state index is 13.1. The maximum atomic E-state index is 13.1. The lowest BCUT2D eigenvalue weighted by Gasteiger charge is -2.25. The van der Waals surface area contributed by atoms with Gasteiger partial charge in [0.2, 0.25) is 0 Å². The van der Waals surface area contributed by atoms with Gasteiger partial charge >= 0.3 is 0 Å². The normalized spacial score (nSPS) is 11.4. The maximum Gasteiger partial charge on any atom is 0.125 e. The van der Waals surface area contributed by atoms with Crippen LogP contribution >= 0.6 is 0 Å². The van der Waals surface area contributed by atoms with Crippen LogP contribution < -0.4 is 5.73 Å². The molecule has 0 unspecified atom stereocenters. The molecule has 0 aliphatic rings. The van der Waals surface area contributed by atoms with Crippen LogP contribution in [-0.2, 0) is 6.54 Å². The zero-order chi connectivity index (χ0) is 12.1. The summed E-state index contributed by atoms with van der Waals surface area (Å²) in [7, 11) is 0. The number of hydrogen-bond acceptors (Lipinski definition) is 3. The Hall–Kier alpha value is -1.13. The van der Waals surface area contributed by atoms with E-state index in [0.29, 0.717) is 24.8 Å². The number of aliphatic hydroxyl groups excluding tert-OH is 1. The Morgan fingerprint density at radius 2 is 2.06 bits per heavy atom. The zero-order valence-electron chi connectivity index (χ0n) is 9.78. The molecular formula is C12H19FN2O. The number of hydrogen-bond donors (Lipinski definition) is 2. The van der Waals surface area contributed by atoms with Crippen LogP contribution in [0.15, 0.2) is 18.2 Å². The van der Waals surface area contributed by atoms with Crippen molar-refractivity contribution in [3.63, 3.8) is 0 Å². The van der Waals surface area contributed by atoms with Gasteiger partial charge in [-0.3, -0.25) is 4.90 Å². The van der Waals surface area contributed by atoms with Crippen LogP contribution in [0.3, 0.4) is 0 Å². The predicted molar refractivity (Wildman–Crippen MR) is 63.4 cm³/mol. The lowest BCUT2D eigenvalue weighted by Crippen LogP contribution is -2.32. The van der Waals surface area contributed by atoms with Crippen molar-refractivity contribution in [1.82, 2.24) is 4.90 Å². The van der Waals surface area contributed by atoms with E-state index in [9.17, 15) is 4.39 Å². The highest BCUT2D eigenvalue weighted by molar-refractivity contribution is 5.41. The van der Waals surface area contributed by atoms with E-state index in [1.54, 1.807) is 6.07 Å². The molecule has 1 rings (SSSR count). The quantitative estimate of drug-likeness (QED) is 0.750. The lowest BCUT2D eigenvalue weighted by molar-refractivity contribution is 0.159. The molecule has 90 valence electrons. The molecule has 0 saturated heterocycles. The van der Waals surface area contributed by atoms with E-state index in [1.165, 1.54) is 12.1 Å². The minimum atomic E-state index is -0.317. The molecule has 0 spiro atoms. The number of nitrogens with two attached hydrogens (primary N) is 1. The van der Waals surface area contributed by atoms with Gasteiger partial charge in [0.25, 0.3) is 0 Å². The highest BCUT2D eigenvalue weighted by Crippen LogP contribution is 2.14. The molecule has 3 nitrogen and oxygen atoms in total. The Morgan fingerprint density at radius 3 is 2.56 bits per heavy atom. The van der Waals surface area contributed by atoms with Gasteiger partial charge < -0.3 is 10.8 Å². The van der Waals surface area contributed by atoms with Crippen molar-refractivity contribution in [2.24, 2.45) is 0 Å². The third-order valence-corrected chi connectivity index (χ3v) is 2.48. The second-order valence-electron chi connectivity index (χ2n) is 4.18. The van der Waals surface area contributed by atoms with Crippen molar-refractivity contribution in [2.75, 3.05) is 18.9 Å². The summed E-state index contributed by atoms with van der Waals surface area (Å²) in [5.41, 5.74) is 6.84. The summed E-state index contributed by atoms with van der Waals surface area (Å²) < 4.78 is 13.1. The number of nitrogen functional groups attached to an aromatic ring is 1. The number of benzene rings is 1. The monoisotopic (exact) mass is 226 g/mol. The van der Waals surface area contributed by atoms with Crippen molar-refractivity contribution >= 4 is 5.69 Å². The Morgan fingerprint density at radius 1 is 1.38 bits per heavy atom. The van der Waals surface area contributed by atoms with Gasteiger partial charge in [0.1, 0.15) is 5.82 Å². The number of nitrogens with zero attached hydrogens (tertiary/aromatic N) is 1. The van der Waals surface area contributed by atoms with E-state index in [2.05, 4.69) is 4.90 Å². The zero-order valence-corrected chi connectivity index (χ0v) is 9.78. The van der Waals surface area contributed by atoms with Crippen LogP contribution in [0, 0.1) is 5.82 Å². The molecule has 1 aromatic carbocycles. The van der Waals surface area contributed by atoms with Gasteiger partial charge in [-0.25, -0.2) is 4.39 Å². The molecule has 0 atom stereocenters. The standard InChI is InChI=1S/C12H19FN2O/c1-9(2)15(3-4-16)8-10-5-11(13)7-12(14)6-10/h5-7,9,16H,3-4,8,14H2,1-2H3. The van der Waals surface area contributed by atoms with Crippen LogP contribution in [0.2, 0.25) is 0 Å². The first-order chi connectivity index (χ1) is 7.52. The highest BCUT2D eigenvalue weighted by Gasteiger charge is 2.10. The number of anilines is 1. The minimum Gasteiger partial charge on any atom is -0.399 e. The summed E-state index contributed by atoms with van der Waals surface area (Å²) in [6.45, 7) is 5.36. The molecule has 0 aromatic heterocycles. The molecule has 16 heavy (non-hydrogen) atoms. The van der Waals surface area contributed by atoms with Gasteiger partial charge in [-0.2, -0.15) is 0 Å². The van der Waals surface area contributed by atoms with Crippen LogP contribution in [0.25, 0.3) is 0 Å². The summed E-state index contributed by atoms with van der Waals surface area (Å²) in [6.07, 6.45) is 0. The first-order valence-electron chi connectivity index (χ1n) is 5.42. The van der Waals surface area contributed by atoms with E-state index < -0.39 is 0 Å². The fraction of sp³-hybridized carbons (Fsp3) is 0.500. The van der Waals surface area contributed by atoms with Crippen molar-refractivity contribution in [1.29, 1.82) is 0 Å². The van der Waals surface area contributed by atoms with Gasteiger partial charge in [-0.1, -0.05) is 0 Å². The highest BCUT2D eigenvalue weighted by atomic mass is 19.1. The molecular weight excluding hydrogens is 207 g/mol. The molecule has 4 heteroatoms. The fourth-order valence-corrected chi connectivity index (χ4v) is 1.65. The van der Waals surface area contributed by atoms with E-state index >= 15 is 0 Å². The SMILES string of the molecule is CC(C)N(CCO)Cc1cc(N)cc(F)c1. The van der Waals surface area contributed by atoms with Crippen LogP contribution in [0.4, 0.5) is 10.1 Å². The number of aliphatic hydroxyl groups is 1. The van der Waals surface area contributed by atoms with E-state index in [4.69, 9.17) is 10.8 Å². The molecule has 0 bridgehead atoms. The van der Waals surface area contributed by atoms with Gasteiger partial charge in [0.05, 0.1) is 6.61 Å². The molecule has 0 amide bonds. The predicted octanol–water partition coefficient (Wildman–Crippen LogP) is 1.61. The summed E-state index contributed by atoms with van der Waals surface area (Å²) >= 11 is 0. The lowest BCUT2D eigenvalue weighted by atomic mass is 10.1. The second-order valence-corrected chi connectivity index (χ2v) is 4.18. The van der Waals surface area contributed by atoms with Crippen molar-refractivity contribution < 1.29 is 9.50 Å². The molecule has 0 aliphatic carbocycles. The Balaban J connectivity index is 2.76. The summed E-state index contributed by atoms with van der Waals surface area (Å²) in [5, 5.41) is 8.93. The number of rotatable bonds is 5. The van der Waals surface area contributed by atoms with E-state index in [0.717, 1.165) is 5.56 Å². The Kier molecular flexibility index (Phi) is 4.71. The Bertz CT molecular complexity index is 322. The molecule has 1 aromatic rings. The molecule has 0 fully saturated rings. The van der Waals surface area contributed by atoms with Crippen LogP contribution in [0.5, 0.6) is 0 Å². The Labute approximate surface area is 95.7 Å². The van der Waals surface area contributed by atoms with Gasteiger partial charge in [-0.15, -0.1) is 0 Å². The number of halogens is 1. The average Bonchev–Trinajstić information content (AvgIpc) is 2.15.